The van der Waals surface area contributed by atoms with E-state index < -0.39 is 0 Å². The van der Waals surface area contributed by atoms with Crippen LogP contribution in [0.2, 0.25) is 0 Å². The van der Waals surface area contributed by atoms with E-state index in [4.69, 9.17) is 4.74 Å². The van der Waals surface area contributed by atoms with Crippen LogP contribution in [0.25, 0.3) is 0 Å². The van der Waals surface area contributed by atoms with Crippen molar-refractivity contribution >= 4 is 5.91 Å². The lowest BCUT2D eigenvalue weighted by atomic mass is 10.00. The van der Waals surface area contributed by atoms with Crippen molar-refractivity contribution in [3.8, 4) is 0 Å². The lowest BCUT2D eigenvalue weighted by molar-refractivity contribution is -0.133. The summed E-state index contributed by atoms with van der Waals surface area (Å²) in [6.07, 6.45) is 2.39. The van der Waals surface area contributed by atoms with Gasteiger partial charge in [0.25, 0.3) is 0 Å². The Bertz CT molecular complexity index is 538. The van der Waals surface area contributed by atoms with Crippen LogP contribution >= 0.6 is 0 Å². The second-order valence-electron chi connectivity index (χ2n) is 6.54. The molecule has 2 heterocycles. The maximum Gasteiger partial charge on any atom is 0.236 e. The molecule has 0 aliphatic carbocycles. The molecule has 4 nitrogen and oxygen atoms in total. The second kappa shape index (κ2) is 6.80. The number of morpholine rings is 1. The number of carbonyl (C=O) groups is 1. The summed E-state index contributed by atoms with van der Waals surface area (Å²) in [7, 11) is 0. The van der Waals surface area contributed by atoms with Crippen LogP contribution in [-0.2, 0) is 9.53 Å². The fraction of sp³-hybridized carbons (Fsp3) is 0.611. The predicted molar refractivity (Wildman–Crippen MR) is 86.9 cm³/mol. The number of carbonyl (C=O) groups excluding carboxylic acids is 1. The molecule has 0 unspecified atom stereocenters. The molecule has 0 N–H and O–H groups in total. The molecule has 1 atom stereocenters. The van der Waals surface area contributed by atoms with Crippen molar-refractivity contribution in [3.05, 3.63) is 34.9 Å². The molecule has 0 spiro atoms. The Labute approximate surface area is 133 Å². The zero-order valence-corrected chi connectivity index (χ0v) is 13.7. The van der Waals surface area contributed by atoms with Crippen molar-refractivity contribution in [2.45, 2.75) is 32.8 Å². The van der Waals surface area contributed by atoms with Crippen molar-refractivity contribution in [2.75, 3.05) is 39.3 Å². The number of ether oxygens (including phenoxy) is 1. The average Bonchev–Trinajstić information content (AvgIpc) is 3.02. The Balaban J connectivity index is 1.62. The Kier molecular flexibility index (Phi) is 4.79. The van der Waals surface area contributed by atoms with Crippen molar-refractivity contribution in [2.24, 2.45) is 0 Å². The highest BCUT2D eigenvalue weighted by molar-refractivity contribution is 5.78. The van der Waals surface area contributed by atoms with Crippen LogP contribution in [0.1, 0.15) is 35.6 Å². The number of hydrogen-bond donors (Lipinski definition) is 0. The van der Waals surface area contributed by atoms with Gasteiger partial charge in [-0.15, -0.1) is 0 Å². The Morgan fingerprint density at radius 1 is 1.23 bits per heavy atom. The minimum Gasteiger partial charge on any atom is -0.371 e. The lowest BCUT2D eigenvalue weighted by Gasteiger charge is -2.34. The van der Waals surface area contributed by atoms with Crippen LogP contribution in [0, 0.1) is 13.8 Å². The van der Waals surface area contributed by atoms with Gasteiger partial charge in [-0.05, 0) is 37.8 Å². The van der Waals surface area contributed by atoms with E-state index in [2.05, 4.69) is 36.9 Å². The van der Waals surface area contributed by atoms with Crippen LogP contribution in [0.5, 0.6) is 0 Å². The molecule has 2 aliphatic heterocycles. The van der Waals surface area contributed by atoms with Crippen LogP contribution in [-0.4, -0.2) is 55.0 Å². The van der Waals surface area contributed by atoms with E-state index in [1.807, 2.05) is 4.90 Å². The molecule has 0 bridgehead atoms. The maximum atomic E-state index is 12.3. The topological polar surface area (TPSA) is 32.8 Å². The van der Waals surface area contributed by atoms with Crippen molar-refractivity contribution in [1.29, 1.82) is 0 Å². The molecule has 0 radical (unpaired) electrons. The molecule has 120 valence electrons. The van der Waals surface area contributed by atoms with Gasteiger partial charge in [0, 0.05) is 26.2 Å². The largest absolute Gasteiger partial charge is 0.371 e. The van der Waals surface area contributed by atoms with Gasteiger partial charge in [-0.2, -0.15) is 0 Å². The molecule has 1 amide bonds. The highest BCUT2D eigenvalue weighted by atomic mass is 16.5. The van der Waals surface area contributed by atoms with Crippen LogP contribution in [0.4, 0.5) is 0 Å². The van der Waals surface area contributed by atoms with E-state index in [0.717, 1.165) is 39.0 Å². The van der Waals surface area contributed by atoms with E-state index >= 15 is 0 Å². The third-order valence-electron chi connectivity index (χ3n) is 4.74. The quantitative estimate of drug-likeness (QED) is 0.859. The number of hydrogen-bond acceptors (Lipinski definition) is 3. The Morgan fingerprint density at radius 2 is 2.00 bits per heavy atom. The predicted octanol–water partition coefficient (Wildman–Crippen LogP) is 2.30. The summed E-state index contributed by atoms with van der Waals surface area (Å²) in [6, 6.07) is 6.51. The molecule has 4 heteroatoms. The molecule has 1 aromatic rings. The van der Waals surface area contributed by atoms with Crippen LogP contribution < -0.4 is 0 Å². The zero-order chi connectivity index (χ0) is 15.5. The smallest absolute Gasteiger partial charge is 0.236 e. The lowest BCUT2D eigenvalue weighted by Crippen LogP contribution is -2.45. The molecule has 2 fully saturated rings. The number of nitrogens with zero attached hydrogens (tertiary/aromatic N) is 2. The molecule has 22 heavy (non-hydrogen) atoms. The SMILES string of the molecule is Cc1ccc([C@H]2CN(CC(=O)N3CCCC3)CCO2)c(C)c1. The molecule has 2 aliphatic rings. The number of amides is 1. The van der Waals surface area contributed by atoms with Crippen LogP contribution in [0.3, 0.4) is 0 Å². The first kappa shape index (κ1) is 15.5. The average molecular weight is 302 g/mol. The molecule has 3 rings (SSSR count). The molecular formula is C18H26N2O2. The Hall–Kier alpha value is -1.39. The van der Waals surface area contributed by atoms with Crippen LogP contribution in [0.15, 0.2) is 18.2 Å². The van der Waals surface area contributed by atoms with E-state index in [-0.39, 0.29) is 12.0 Å². The summed E-state index contributed by atoms with van der Waals surface area (Å²) in [4.78, 5) is 16.6. The standard InChI is InChI=1S/C18H26N2O2/c1-14-5-6-16(15(2)11-14)17-12-19(9-10-22-17)13-18(21)20-7-3-4-8-20/h5-6,11,17H,3-4,7-10,12-13H2,1-2H3/t17-/m1/s1. The van der Waals surface area contributed by atoms with Gasteiger partial charge in [-0.25, -0.2) is 0 Å². The number of benzene rings is 1. The van der Waals surface area contributed by atoms with E-state index in [1.165, 1.54) is 16.7 Å². The van der Waals surface area contributed by atoms with E-state index in [0.29, 0.717) is 13.2 Å². The van der Waals surface area contributed by atoms with Gasteiger partial charge in [-0.1, -0.05) is 23.8 Å². The van der Waals surface area contributed by atoms with Gasteiger partial charge in [0.05, 0.1) is 19.3 Å². The first-order chi connectivity index (χ1) is 10.6. The van der Waals surface area contributed by atoms with Crippen molar-refractivity contribution < 1.29 is 9.53 Å². The highest BCUT2D eigenvalue weighted by Crippen LogP contribution is 2.26. The van der Waals surface area contributed by atoms with E-state index in [9.17, 15) is 4.79 Å². The summed E-state index contributed by atoms with van der Waals surface area (Å²) in [5, 5.41) is 0. The number of aryl methyl sites for hydroxylation is 2. The zero-order valence-electron chi connectivity index (χ0n) is 13.7. The highest BCUT2D eigenvalue weighted by Gasteiger charge is 2.26. The first-order valence-electron chi connectivity index (χ1n) is 8.32. The van der Waals surface area contributed by atoms with E-state index in [1.54, 1.807) is 0 Å². The number of rotatable bonds is 3. The normalized spacial score (nSPS) is 23.0. The van der Waals surface area contributed by atoms with Gasteiger partial charge < -0.3 is 9.64 Å². The molecular weight excluding hydrogens is 276 g/mol. The third kappa shape index (κ3) is 3.50. The summed E-state index contributed by atoms with van der Waals surface area (Å²) in [5.74, 6) is 0.277. The summed E-state index contributed by atoms with van der Waals surface area (Å²) in [5.41, 5.74) is 3.81. The number of likely N-dealkylation sites (tertiary alicyclic amines) is 1. The monoisotopic (exact) mass is 302 g/mol. The summed E-state index contributed by atoms with van der Waals surface area (Å²) >= 11 is 0. The van der Waals surface area contributed by atoms with Gasteiger partial charge in [0.2, 0.25) is 5.91 Å². The molecule has 0 saturated carbocycles. The van der Waals surface area contributed by atoms with Crippen molar-refractivity contribution in [1.82, 2.24) is 9.80 Å². The minimum absolute atomic E-state index is 0.0840. The Morgan fingerprint density at radius 3 is 2.73 bits per heavy atom. The second-order valence-corrected chi connectivity index (χ2v) is 6.54. The molecule has 0 aromatic heterocycles. The van der Waals surface area contributed by atoms with Crippen molar-refractivity contribution in [3.63, 3.8) is 0 Å². The fourth-order valence-corrected chi connectivity index (χ4v) is 3.48. The third-order valence-corrected chi connectivity index (χ3v) is 4.74. The first-order valence-corrected chi connectivity index (χ1v) is 8.32. The van der Waals surface area contributed by atoms with Gasteiger partial charge in [0.1, 0.15) is 0 Å². The minimum atomic E-state index is 0.0840. The van der Waals surface area contributed by atoms with Gasteiger partial charge in [0.15, 0.2) is 0 Å². The molecule has 2 saturated heterocycles. The summed E-state index contributed by atoms with van der Waals surface area (Å²) in [6.45, 7) is 9.01. The maximum absolute atomic E-state index is 12.3. The fourth-order valence-electron chi connectivity index (χ4n) is 3.48. The summed E-state index contributed by atoms with van der Waals surface area (Å²) < 4.78 is 5.96. The molecule has 1 aromatic carbocycles. The van der Waals surface area contributed by atoms with Gasteiger partial charge in [-0.3, -0.25) is 9.69 Å². The van der Waals surface area contributed by atoms with Gasteiger partial charge >= 0.3 is 0 Å².